The Morgan fingerprint density at radius 2 is 1.85 bits per heavy atom. The zero-order valence-electron chi connectivity index (χ0n) is 16.8. The Balaban J connectivity index is 1.71. The van der Waals surface area contributed by atoms with Crippen LogP contribution < -0.4 is 0 Å². The molecule has 2 unspecified atom stereocenters. The van der Waals surface area contributed by atoms with E-state index in [9.17, 15) is 4.79 Å². The van der Waals surface area contributed by atoms with Crippen LogP contribution in [0.1, 0.15) is 83.6 Å². The number of nitrogens with zero attached hydrogens (tertiary/aromatic N) is 1. The fourth-order valence-corrected chi connectivity index (χ4v) is 4.84. The molecular formula is C24H35NO. The first-order valence-corrected chi connectivity index (χ1v) is 10.6. The van der Waals surface area contributed by atoms with E-state index < -0.39 is 0 Å². The molecule has 2 aliphatic rings. The normalized spacial score (nSPS) is 24.9. The van der Waals surface area contributed by atoms with Crippen molar-refractivity contribution >= 4 is 5.91 Å². The van der Waals surface area contributed by atoms with E-state index in [4.69, 9.17) is 0 Å². The SMILES string of the molecule is CC(C)=CCC[C@@H](C)CC1C(c2ccccc2)C(=O)N1C1CCCCC1. The van der Waals surface area contributed by atoms with Crippen molar-refractivity contribution in [1.82, 2.24) is 4.90 Å². The van der Waals surface area contributed by atoms with Gasteiger partial charge < -0.3 is 4.90 Å². The van der Waals surface area contributed by atoms with Crippen LogP contribution in [0.25, 0.3) is 0 Å². The predicted octanol–water partition coefficient (Wildman–Crippen LogP) is 6.09. The highest BCUT2D eigenvalue weighted by Gasteiger charge is 2.50. The molecule has 0 radical (unpaired) electrons. The molecule has 0 N–H and O–H groups in total. The molecular weight excluding hydrogens is 318 g/mol. The topological polar surface area (TPSA) is 20.3 Å². The van der Waals surface area contributed by atoms with Gasteiger partial charge in [0.15, 0.2) is 0 Å². The number of carbonyl (C=O) groups excluding carboxylic acids is 1. The third kappa shape index (κ3) is 4.39. The summed E-state index contributed by atoms with van der Waals surface area (Å²) in [7, 11) is 0. The average molecular weight is 354 g/mol. The lowest BCUT2D eigenvalue weighted by atomic mass is 9.74. The minimum atomic E-state index is 0.0871. The number of β-lactam (4-membered cyclic amide) rings is 1. The monoisotopic (exact) mass is 353 g/mol. The van der Waals surface area contributed by atoms with Crippen LogP contribution >= 0.6 is 0 Å². The highest BCUT2D eigenvalue weighted by Crippen LogP contribution is 2.43. The largest absolute Gasteiger partial charge is 0.335 e. The number of amides is 1. The quantitative estimate of drug-likeness (QED) is 0.429. The number of allylic oxidation sites excluding steroid dienone is 2. The maximum absolute atomic E-state index is 13.1. The van der Waals surface area contributed by atoms with Crippen molar-refractivity contribution in [2.75, 3.05) is 0 Å². The lowest BCUT2D eigenvalue weighted by molar-refractivity contribution is -0.156. The first-order chi connectivity index (χ1) is 12.6. The number of likely N-dealkylation sites (tertiary alicyclic amines) is 1. The van der Waals surface area contributed by atoms with Gasteiger partial charge in [-0.2, -0.15) is 0 Å². The molecule has 1 heterocycles. The van der Waals surface area contributed by atoms with Gasteiger partial charge in [-0.15, -0.1) is 0 Å². The second-order valence-electron chi connectivity index (χ2n) is 8.69. The number of hydrogen-bond acceptors (Lipinski definition) is 1. The number of rotatable bonds is 7. The highest BCUT2D eigenvalue weighted by molar-refractivity contribution is 5.91. The molecule has 1 saturated heterocycles. The number of benzene rings is 1. The van der Waals surface area contributed by atoms with Gasteiger partial charge in [0.05, 0.1) is 5.92 Å². The van der Waals surface area contributed by atoms with Crippen LogP contribution in [0.3, 0.4) is 0 Å². The van der Waals surface area contributed by atoms with E-state index in [2.05, 4.69) is 56.0 Å². The molecule has 142 valence electrons. The van der Waals surface area contributed by atoms with E-state index in [1.807, 2.05) is 6.07 Å². The van der Waals surface area contributed by atoms with E-state index in [-0.39, 0.29) is 5.92 Å². The summed E-state index contributed by atoms with van der Waals surface area (Å²) >= 11 is 0. The van der Waals surface area contributed by atoms with Gasteiger partial charge in [-0.3, -0.25) is 4.79 Å². The van der Waals surface area contributed by atoms with Crippen molar-refractivity contribution in [2.45, 2.75) is 90.1 Å². The van der Waals surface area contributed by atoms with Crippen molar-refractivity contribution in [1.29, 1.82) is 0 Å². The second-order valence-corrected chi connectivity index (χ2v) is 8.69. The standard InChI is InChI=1S/C24H35NO/c1-18(2)11-10-12-19(3)17-22-23(20-13-6-4-7-14-20)24(26)25(22)21-15-8-5-9-16-21/h4,6-7,11,13-14,19,21-23H,5,8-10,12,15-17H2,1-3H3/t19-,22?,23?/m1/s1. The first kappa shape index (κ1) is 19.2. The summed E-state index contributed by atoms with van der Waals surface area (Å²) in [5.41, 5.74) is 2.62. The molecule has 0 bridgehead atoms. The van der Waals surface area contributed by atoms with Gasteiger partial charge in [-0.1, -0.05) is 68.2 Å². The Labute approximate surface area is 159 Å². The van der Waals surface area contributed by atoms with Crippen molar-refractivity contribution in [2.24, 2.45) is 5.92 Å². The Bertz CT molecular complexity index is 610. The fraction of sp³-hybridized carbons (Fsp3) is 0.625. The van der Waals surface area contributed by atoms with Gasteiger partial charge in [0.2, 0.25) is 5.91 Å². The maximum Gasteiger partial charge on any atom is 0.232 e. The maximum atomic E-state index is 13.1. The molecule has 0 spiro atoms. The minimum absolute atomic E-state index is 0.0871. The summed E-state index contributed by atoms with van der Waals surface area (Å²) in [6, 6.07) is 11.4. The number of hydrogen-bond donors (Lipinski definition) is 0. The molecule has 3 atom stereocenters. The van der Waals surface area contributed by atoms with E-state index >= 15 is 0 Å². The Morgan fingerprint density at radius 3 is 2.50 bits per heavy atom. The van der Waals surface area contributed by atoms with Gasteiger partial charge in [0, 0.05) is 12.1 Å². The molecule has 1 saturated carbocycles. The zero-order chi connectivity index (χ0) is 18.5. The predicted molar refractivity (Wildman–Crippen MR) is 109 cm³/mol. The van der Waals surface area contributed by atoms with E-state index in [0.717, 1.165) is 12.8 Å². The summed E-state index contributed by atoms with van der Waals surface area (Å²) in [6.45, 7) is 6.71. The van der Waals surface area contributed by atoms with Gasteiger partial charge in [-0.05, 0) is 57.4 Å². The van der Waals surface area contributed by atoms with Crippen molar-refractivity contribution in [3.63, 3.8) is 0 Å². The van der Waals surface area contributed by atoms with E-state index in [1.165, 1.54) is 49.7 Å². The summed E-state index contributed by atoms with van der Waals surface area (Å²) in [6.07, 6.45) is 12.2. The third-order valence-corrected chi connectivity index (χ3v) is 6.25. The Morgan fingerprint density at radius 1 is 1.15 bits per heavy atom. The molecule has 1 aromatic rings. The Kier molecular flexibility index (Phi) is 6.56. The van der Waals surface area contributed by atoms with Crippen LogP contribution in [-0.2, 0) is 4.79 Å². The van der Waals surface area contributed by atoms with Gasteiger partial charge in [-0.25, -0.2) is 0 Å². The summed E-state index contributed by atoms with van der Waals surface area (Å²) in [5.74, 6) is 1.12. The van der Waals surface area contributed by atoms with Crippen LogP contribution in [0.15, 0.2) is 42.0 Å². The van der Waals surface area contributed by atoms with Crippen LogP contribution in [0, 0.1) is 5.92 Å². The average Bonchev–Trinajstić information content (AvgIpc) is 2.63. The van der Waals surface area contributed by atoms with Crippen molar-refractivity contribution in [3.8, 4) is 0 Å². The van der Waals surface area contributed by atoms with Gasteiger partial charge >= 0.3 is 0 Å². The summed E-state index contributed by atoms with van der Waals surface area (Å²) in [4.78, 5) is 15.4. The highest BCUT2D eigenvalue weighted by atomic mass is 16.2. The smallest absolute Gasteiger partial charge is 0.232 e. The minimum Gasteiger partial charge on any atom is -0.335 e. The van der Waals surface area contributed by atoms with Crippen LogP contribution in [0.4, 0.5) is 0 Å². The molecule has 0 aromatic heterocycles. The van der Waals surface area contributed by atoms with E-state index in [0.29, 0.717) is 23.9 Å². The van der Waals surface area contributed by atoms with Gasteiger partial charge in [0.1, 0.15) is 0 Å². The third-order valence-electron chi connectivity index (χ3n) is 6.25. The fourth-order valence-electron chi connectivity index (χ4n) is 4.84. The van der Waals surface area contributed by atoms with Crippen LogP contribution in [-0.4, -0.2) is 22.9 Å². The zero-order valence-corrected chi connectivity index (χ0v) is 16.8. The molecule has 3 rings (SSSR count). The lowest BCUT2D eigenvalue weighted by Gasteiger charge is -2.53. The van der Waals surface area contributed by atoms with Crippen LogP contribution in [0.5, 0.6) is 0 Å². The molecule has 2 nitrogen and oxygen atoms in total. The molecule has 1 aliphatic carbocycles. The summed E-state index contributed by atoms with van der Waals surface area (Å²) in [5, 5.41) is 0. The van der Waals surface area contributed by atoms with Crippen LogP contribution in [0.2, 0.25) is 0 Å². The molecule has 1 aliphatic heterocycles. The van der Waals surface area contributed by atoms with Crippen molar-refractivity contribution < 1.29 is 4.79 Å². The molecule has 2 heteroatoms. The Hall–Kier alpha value is -1.57. The summed E-state index contributed by atoms with van der Waals surface area (Å²) < 4.78 is 0. The van der Waals surface area contributed by atoms with E-state index in [1.54, 1.807) is 0 Å². The molecule has 26 heavy (non-hydrogen) atoms. The molecule has 1 aromatic carbocycles. The van der Waals surface area contributed by atoms with Gasteiger partial charge in [0.25, 0.3) is 0 Å². The molecule has 1 amide bonds. The first-order valence-electron chi connectivity index (χ1n) is 10.6. The second kappa shape index (κ2) is 8.88. The lowest BCUT2D eigenvalue weighted by Crippen LogP contribution is -2.63. The number of carbonyl (C=O) groups is 1. The van der Waals surface area contributed by atoms with Crippen molar-refractivity contribution in [3.05, 3.63) is 47.5 Å². The molecule has 2 fully saturated rings.